The van der Waals surface area contributed by atoms with E-state index >= 15 is 0 Å². The number of rotatable bonds is 4. The van der Waals surface area contributed by atoms with Crippen LogP contribution in [0.25, 0.3) is 0 Å². The molecule has 0 aromatic heterocycles. The van der Waals surface area contributed by atoms with E-state index in [1.807, 2.05) is 6.07 Å². The molecule has 1 fully saturated rings. The molecule has 19 heavy (non-hydrogen) atoms. The van der Waals surface area contributed by atoms with E-state index in [1.165, 1.54) is 38.2 Å². The molecule has 0 unspecified atom stereocenters. The lowest BCUT2D eigenvalue weighted by molar-refractivity contribution is 0.280. The summed E-state index contributed by atoms with van der Waals surface area (Å²) in [5, 5.41) is 12.1. The molecule has 0 amide bonds. The first-order valence-electron chi connectivity index (χ1n) is 7.12. The minimum absolute atomic E-state index is 0.289. The van der Waals surface area contributed by atoms with Crippen molar-refractivity contribution >= 4 is 0 Å². The molecule has 0 heterocycles. The quantitative estimate of drug-likeness (QED) is 0.894. The van der Waals surface area contributed by atoms with Gasteiger partial charge in [-0.15, -0.1) is 0 Å². The lowest BCUT2D eigenvalue weighted by atomic mass is 9.84. The highest BCUT2D eigenvalue weighted by molar-refractivity contribution is 5.32. The minimum atomic E-state index is -0.289. The molecule has 1 atom stereocenters. The molecule has 1 N–H and O–H groups in total. The van der Waals surface area contributed by atoms with Crippen LogP contribution in [0.1, 0.15) is 50.2 Å². The molecule has 0 bridgehead atoms. The highest BCUT2D eigenvalue weighted by atomic mass is 19.1. The van der Waals surface area contributed by atoms with Gasteiger partial charge in [-0.1, -0.05) is 25.3 Å². The van der Waals surface area contributed by atoms with Crippen LogP contribution in [0, 0.1) is 23.1 Å². The molecule has 102 valence electrons. The largest absolute Gasteiger partial charge is 0.310 e. The third-order valence-electron chi connectivity index (χ3n) is 4.15. The van der Waals surface area contributed by atoms with Crippen molar-refractivity contribution in [2.75, 3.05) is 0 Å². The Balaban J connectivity index is 1.89. The Labute approximate surface area is 114 Å². The van der Waals surface area contributed by atoms with E-state index in [-0.39, 0.29) is 5.82 Å². The van der Waals surface area contributed by atoms with E-state index in [0.29, 0.717) is 23.7 Å². The van der Waals surface area contributed by atoms with Crippen molar-refractivity contribution in [3.05, 3.63) is 35.1 Å². The molecule has 3 heteroatoms. The highest BCUT2D eigenvalue weighted by Gasteiger charge is 2.19. The standard InChI is InChI=1S/C16H21FN2/c1-12(14-5-3-2-4-6-14)19-11-15-8-7-13(10-18)9-16(15)17/h7-9,12,14,19H,2-6,11H2,1H3/t12-/m0/s1. The van der Waals surface area contributed by atoms with Crippen LogP contribution >= 0.6 is 0 Å². The fourth-order valence-electron chi connectivity index (χ4n) is 2.83. The maximum Gasteiger partial charge on any atom is 0.129 e. The zero-order chi connectivity index (χ0) is 13.7. The van der Waals surface area contributed by atoms with Gasteiger partial charge in [0.15, 0.2) is 0 Å². The average molecular weight is 260 g/mol. The Hall–Kier alpha value is -1.40. The zero-order valence-electron chi connectivity index (χ0n) is 11.5. The minimum Gasteiger partial charge on any atom is -0.310 e. The van der Waals surface area contributed by atoms with Crippen LogP contribution in [0.3, 0.4) is 0 Å². The van der Waals surface area contributed by atoms with E-state index < -0.39 is 0 Å². The van der Waals surface area contributed by atoms with E-state index in [1.54, 1.807) is 12.1 Å². The molecular formula is C16H21FN2. The van der Waals surface area contributed by atoms with Crippen molar-refractivity contribution in [1.82, 2.24) is 5.32 Å². The van der Waals surface area contributed by atoms with Crippen molar-refractivity contribution in [2.24, 2.45) is 5.92 Å². The van der Waals surface area contributed by atoms with Crippen LogP contribution in [0.15, 0.2) is 18.2 Å². The van der Waals surface area contributed by atoms with Gasteiger partial charge in [-0.05, 0) is 37.8 Å². The van der Waals surface area contributed by atoms with Gasteiger partial charge >= 0.3 is 0 Å². The van der Waals surface area contributed by atoms with Crippen molar-refractivity contribution in [3.63, 3.8) is 0 Å². The van der Waals surface area contributed by atoms with Gasteiger partial charge in [0.25, 0.3) is 0 Å². The molecule has 1 aliphatic rings. The predicted octanol–water partition coefficient (Wildman–Crippen LogP) is 3.76. The first-order valence-corrected chi connectivity index (χ1v) is 7.12. The van der Waals surface area contributed by atoms with Gasteiger partial charge in [-0.2, -0.15) is 5.26 Å². The first-order chi connectivity index (χ1) is 9.20. The second-order valence-electron chi connectivity index (χ2n) is 5.49. The molecule has 0 spiro atoms. The number of nitriles is 1. The Morgan fingerprint density at radius 2 is 2.11 bits per heavy atom. The number of nitrogens with one attached hydrogen (secondary N) is 1. The lowest BCUT2D eigenvalue weighted by Gasteiger charge is -2.28. The molecule has 0 aliphatic heterocycles. The summed E-state index contributed by atoms with van der Waals surface area (Å²) in [5.74, 6) is 0.428. The number of hydrogen-bond donors (Lipinski definition) is 1. The monoisotopic (exact) mass is 260 g/mol. The molecule has 0 radical (unpaired) electrons. The fourth-order valence-corrected chi connectivity index (χ4v) is 2.83. The van der Waals surface area contributed by atoms with Crippen LogP contribution in [0.5, 0.6) is 0 Å². The summed E-state index contributed by atoms with van der Waals surface area (Å²) in [5.41, 5.74) is 1.02. The average Bonchev–Trinajstić information content (AvgIpc) is 2.46. The Morgan fingerprint density at radius 3 is 2.74 bits per heavy atom. The van der Waals surface area contributed by atoms with Gasteiger partial charge in [0.05, 0.1) is 11.6 Å². The van der Waals surface area contributed by atoms with Gasteiger partial charge in [-0.25, -0.2) is 4.39 Å². The molecule has 1 aromatic rings. The van der Waals surface area contributed by atoms with E-state index in [2.05, 4.69) is 12.2 Å². The maximum absolute atomic E-state index is 13.7. The Morgan fingerprint density at radius 1 is 1.37 bits per heavy atom. The molecule has 2 nitrogen and oxygen atoms in total. The summed E-state index contributed by atoms with van der Waals surface area (Å²) in [4.78, 5) is 0. The molecular weight excluding hydrogens is 239 g/mol. The van der Waals surface area contributed by atoms with Crippen molar-refractivity contribution in [2.45, 2.75) is 51.6 Å². The number of halogens is 1. The number of hydrogen-bond acceptors (Lipinski definition) is 2. The van der Waals surface area contributed by atoms with Crippen LogP contribution in [-0.2, 0) is 6.54 Å². The fraction of sp³-hybridized carbons (Fsp3) is 0.562. The second-order valence-corrected chi connectivity index (χ2v) is 5.49. The summed E-state index contributed by atoms with van der Waals surface area (Å²) in [7, 11) is 0. The Kier molecular flexibility index (Phi) is 4.93. The van der Waals surface area contributed by atoms with Gasteiger partial charge in [0.1, 0.15) is 5.82 Å². The second kappa shape index (κ2) is 6.68. The maximum atomic E-state index is 13.7. The zero-order valence-corrected chi connectivity index (χ0v) is 11.5. The van der Waals surface area contributed by atoms with Crippen LogP contribution in [0.4, 0.5) is 4.39 Å². The normalized spacial score (nSPS) is 17.9. The van der Waals surface area contributed by atoms with Crippen LogP contribution in [0.2, 0.25) is 0 Å². The van der Waals surface area contributed by atoms with Gasteiger partial charge in [0.2, 0.25) is 0 Å². The smallest absolute Gasteiger partial charge is 0.129 e. The number of benzene rings is 1. The van der Waals surface area contributed by atoms with Gasteiger partial charge < -0.3 is 5.32 Å². The van der Waals surface area contributed by atoms with E-state index in [0.717, 1.165) is 5.92 Å². The summed E-state index contributed by atoms with van der Waals surface area (Å²) < 4.78 is 13.7. The third kappa shape index (κ3) is 3.78. The Bertz CT molecular complexity index is 458. The summed E-state index contributed by atoms with van der Waals surface area (Å²) in [6, 6.07) is 7.06. The van der Waals surface area contributed by atoms with Crippen molar-refractivity contribution in [1.29, 1.82) is 5.26 Å². The molecule has 1 aliphatic carbocycles. The van der Waals surface area contributed by atoms with Crippen LogP contribution < -0.4 is 5.32 Å². The van der Waals surface area contributed by atoms with Crippen molar-refractivity contribution in [3.8, 4) is 6.07 Å². The molecule has 2 rings (SSSR count). The predicted molar refractivity (Wildman–Crippen MR) is 74.0 cm³/mol. The third-order valence-corrected chi connectivity index (χ3v) is 4.15. The molecule has 0 saturated heterocycles. The van der Waals surface area contributed by atoms with Gasteiger partial charge in [-0.3, -0.25) is 0 Å². The SMILES string of the molecule is C[C@H](NCc1ccc(C#N)cc1F)C1CCCCC1. The van der Waals surface area contributed by atoms with Crippen LogP contribution in [-0.4, -0.2) is 6.04 Å². The van der Waals surface area contributed by atoms with Crippen molar-refractivity contribution < 1.29 is 4.39 Å². The molecule has 1 aromatic carbocycles. The summed E-state index contributed by atoms with van der Waals surface area (Å²) >= 11 is 0. The van der Waals surface area contributed by atoms with Gasteiger partial charge in [0, 0.05) is 18.2 Å². The molecule has 1 saturated carbocycles. The summed E-state index contributed by atoms with van der Waals surface area (Å²) in [6.45, 7) is 2.73. The lowest BCUT2D eigenvalue weighted by Crippen LogP contribution is -2.34. The van der Waals surface area contributed by atoms with E-state index in [4.69, 9.17) is 5.26 Å². The highest BCUT2D eigenvalue weighted by Crippen LogP contribution is 2.26. The summed E-state index contributed by atoms with van der Waals surface area (Å²) in [6.07, 6.45) is 6.56. The topological polar surface area (TPSA) is 35.8 Å². The first kappa shape index (κ1) is 14.0. The van der Waals surface area contributed by atoms with E-state index in [9.17, 15) is 4.39 Å². The number of nitrogens with zero attached hydrogens (tertiary/aromatic N) is 1.